The molecule has 2 rings (SSSR count). The Labute approximate surface area is 118 Å². The Kier molecular flexibility index (Phi) is 4.28. The molecule has 5 nitrogen and oxygen atoms in total. The summed E-state index contributed by atoms with van der Waals surface area (Å²) in [4.78, 5) is 1.53. The maximum absolute atomic E-state index is 13.8. The minimum Gasteiger partial charge on any atom is -0.398 e. The van der Waals surface area contributed by atoms with Crippen molar-refractivity contribution in [1.82, 2.24) is 9.21 Å². The Morgan fingerprint density at radius 3 is 2.50 bits per heavy atom. The highest BCUT2D eigenvalue weighted by Gasteiger charge is 2.31. The van der Waals surface area contributed by atoms with Crippen molar-refractivity contribution >= 4 is 15.7 Å². The topological polar surface area (TPSA) is 66.6 Å². The van der Waals surface area contributed by atoms with Gasteiger partial charge in [-0.05, 0) is 12.1 Å². The number of nitrogens with two attached hydrogens (primary N) is 1. The second-order valence-corrected chi connectivity index (χ2v) is 6.42. The second-order valence-electron chi connectivity index (χ2n) is 4.54. The van der Waals surface area contributed by atoms with Crippen molar-refractivity contribution in [3.63, 3.8) is 0 Å². The van der Waals surface area contributed by atoms with E-state index in [2.05, 4.69) is 5.92 Å². The molecule has 0 spiro atoms. The molecule has 1 fully saturated rings. The van der Waals surface area contributed by atoms with Crippen molar-refractivity contribution in [2.75, 3.05) is 38.5 Å². The smallest absolute Gasteiger partial charge is 0.248 e. The normalized spacial score (nSPS) is 17.8. The van der Waals surface area contributed by atoms with Crippen LogP contribution < -0.4 is 5.73 Å². The van der Waals surface area contributed by atoms with Gasteiger partial charge in [0.2, 0.25) is 10.0 Å². The lowest BCUT2D eigenvalue weighted by atomic mass is 10.3. The van der Waals surface area contributed by atoms with Gasteiger partial charge in [0.25, 0.3) is 0 Å². The number of hydrogen-bond donors (Lipinski definition) is 1. The summed E-state index contributed by atoms with van der Waals surface area (Å²) in [5.74, 6) is 1.70. The molecule has 0 amide bonds. The van der Waals surface area contributed by atoms with Crippen molar-refractivity contribution in [3.8, 4) is 12.3 Å². The van der Waals surface area contributed by atoms with Gasteiger partial charge in [-0.15, -0.1) is 6.42 Å². The average Bonchev–Trinajstić information content (AvgIpc) is 2.39. The van der Waals surface area contributed by atoms with Crippen LogP contribution in [0.3, 0.4) is 0 Å². The maximum Gasteiger partial charge on any atom is 0.248 e. The van der Waals surface area contributed by atoms with E-state index in [1.54, 1.807) is 0 Å². The summed E-state index contributed by atoms with van der Waals surface area (Å²) in [6, 6.07) is 3.86. The zero-order chi connectivity index (χ0) is 14.8. The Morgan fingerprint density at radius 1 is 1.30 bits per heavy atom. The number of hydrogen-bond acceptors (Lipinski definition) is 4. The minimum atomic E-state index is -3.91. The van der Waals surface area contributed by atoms with E-state index in [0.717, 1.165) is 6.07 Å². The highest BCUT2D eigenvalue weighted by atomic mass is 32.2. The van der Waals surface area contributed by atoms with E-state index in [9.17, 15) is 12.8 Å². The van der Waals surface area contributed by atoms with Crippen LogP contribution in [-0.4, -0.2) is 50.3 Å². The molecule has 1 heterocycles. The van der Waals surface area contributed by atoms with E-state index >= 15 is 0 Å². The van der Waals surface area contributed by atoms with Crippen molar-refractivity contribution < 1.29 is 12.8 Å². The molecule has 7 heteroatoms. The third kappa shape index (κ3) is 2.77. The van der Waals surface area contributed by atoms with Crippen LogP contribution in [-0.2, 0) is 10.0 Å². The minimum absolute atomic E-state index is 0.0731. The summed E-state index contributed by atoms with van der Waals surface area (Å²) in [5, 5.41) is 0. The Bertz CT molecular complexity index is 611. The van der Waals surface area contributed by atoms with E-state index < -0.39 is 20.7 Å². The zero-order valence-electron chi connectivity index (χ0n) is 10.9. The van der Waals surface area contributed by atoms with Crippen LogP contribution in [0.15, 0.2) is 23.1 Å². The molecular weight excluding hydrogens is 281 g/mol. The van der Waals surface area contributed by atoms with Crippen LogP contribution in [0.25, 0.3) is 0 Å². The van der Waals surface area contributed by atoms with Crippen molar-refractivity contribution in [2.24, 2.45) is 0 Å². The summed E-state index contributed by atoms with van der Waals surface area (Å²) in [6.45, 7) is 2.08. The van der Waals surface area contributed by atoms with E-state index in [0.29, 0.717) is 19.6 Å². The van der Waals surface area contributed by atoms with Crippen molar-refractivity contribution in [1.29, 1.82) is 0 Å². The summed E-state index contributed by atoms with van der Waals surface area (Å²) in [7, 11) is -3.91. The van der Waals surface area contributed by atoms with Gasteiger partial charge in [0.1, 0.15) is 10.7 Å². The first-order valence-corrected chi connectivity index (χ1v) is 7.61. The van der Waals surface area contributed by atoms with Gasteiger partial charge in [0.15, 0.2) is 0 Å². The highest BCUT2D eigenvalue weighted by Crippen LogP contribution is 2.25. The quantitative estimate of drug-likeness (QED) is 0.646. The predicted octanol–water partition coefficient (Wildman–Crippen LogP) is 0.347. The number of nitrogens with zero attached hydrogens (tertiary/aromatic N) is 2. The average molecular weight is 297 g/mol. The first-order chi connectivity index (χ1) is 9.46. The number of nitrogen functional groups attached to an aromatic ring is 1. The van der Waals surface area contributed by atoms with Crippen LogP contribution >= 0.6 is 0 Å². The molecule has 0 unspecified atom stereocenters. The van der Waals surface area contributed by atoms with E-state index in [4.69, 9.17) is 12.2 Å². The number of benzene rings is 1. The number of piperazine rings is 1. The van der Waals surface area contributed by atoms with E-state index in [1.165, 1.54) is 16.4 Å². The van der Waals surface area contributed by atoms with Gasteiger partial charge in [-0.1, -0.05) is 12.0 Å². The number of anilines is 1. The van der Waals surface area contributed by atoms with Gasteiger partial charge in [0, 0.05) is 26.2 Å². The molecule has 108 valence electrons. The molecule has 1 saturated heterocycles. The monoisotopic (exact) mass is 297 g/mol. The van der Waals surface area contributed by atoms with Gasteiger partial charge in [0.05, 0.1) is 12.2 Å². The summed E-state index contributed by atoms with van der Waals surface area (Å²) >= 11 is 0. The lowest BCUT2D eigenvalue weighted by Gasteiger charge is -2.33. The molecule has 1 aromatic carbocycles. The molecule has 1 aliphatic rings. The zero-order valence-corrected chi connectivity index (χ0v) is 11.7. The fraction of sp³-hybridized carbons (Fsp3) is 0.385. The Hall–Kier alpha value is -1.62. The number of rotatable bonds is 3. The van der Waals surface area contributed by atoms with Crippen LogP contribution in [0, 0.1) is 18.2 Å². The lowest BCUT2D eigenvalue weighted by molar-refractivity contribution is 0.207. The molecule has 0 aromatic heterocycles. The number of sulfonamides is 1. The van der Waals surface area contributed by atoms with Crippen LogP contribution in [0.4, 0.5) is 10.1 Å². The molecule has 1 aliphatic heterocycles. The predicted molar refractivity (Wildman–Crippen MR) is 74.8 cm³/mol. The molecule has 0 aliphatic carbocycles. The third-order valence-corrected chi connectivity index (χ3v) is 5.23. The molecule has 0 saturated carbocycles. The van der Waals surface area contributed by atoms with Gasteiger partial charge in [-0.3, -0.25) is 4.90 Å². The SMILES string of the molecule is C#CCN1CCN(S(=O)(=O)c2c(N)cccc2F)CC1. The van der Waals surface area contributed by atoms with Gasteiger partial charge >= 0.3 is 0 Å². The fourth-order valence-electron chi connectivity index (χ4n) is 2.18. The van der Waals surface area contributed by atoms with E-state index in [-0.39, 0.29) is 18.8 Å². The third-order valence-electron chi connectivity index (χ3n) is 3.24. The van der Waals surface area contributed by atoms with E-state index in [1.807, 2.05) is 4.90 Å². The lowest BCUT2D eigenvalue weighted by Crippen LogP contribution is -2.48. The fourth-order valence-corrected chi connectivity index (χ4v) is 3.77. The number of halogens is 1. The first kappa shape index (κ1) is 14.8. The second kappa shape index (κ2) is 5.79. The molecule has 1 aromatic rings. The molecule has 0 bridgehead atoms. The maximum atomic E-state index is 13.8. The highest BCUT2D eigenvalue weighted by molar-refractivity contribution is 7.89. The largest absolute Gasteiger partial charge is 0.398 e. The molecule has 0 radical (unpaired) electrons. The first-order valence-electron chi connectivity index (χ1n) is 6.17. The molecule has 0 atom stereocenters. The van der Waals surface area contributed by atoms with Gasteiger partial charge in [-0.25, -0.2) is 12.8 Å². The standard InChI is InChI=1S/C13H16FN3O2S/c1-2-6-16-7-9-17(10-8-16)20(18,19)13-11(14)4-3-5-12(13)15/h1,3-5H,6-10,15H2. The van der Waals surface area contributed by atoms with Gasteiger partial charge < -0.3 is 5.73 Å². The molecule has 2 N–H and O–H groups in total. The summed E-state index contributed by atoms with van der Waals surface area (Å²) in [5.41, 5.74) is 5.53. The Balaban J connectivity index is 2.23. The van der Waals surface area contributed by atoms with Gasteiger partial charge in [-0.2, -0.15) is 4.31 Å². The number of terminal acetylenes is 1. The Morgan fingerprint density at radius 2 is 1.95 bits per heavy atom. The summed E-state index contributed by atoms with van der Waals surface area (Å²) < 4.78 is 39.9. The van der Waals surface area contributed by atoms with Crippen molar-refractivity contribution in [3.05, 3.63) is 24.0 Å². The summed E-state index contributed by atoms with van der Waals surface area (Å²) in [6.07, 6.45) is 5.22. The van der Waals surface area contributed by atoms with Crippen molar-refractivity contribution in [2.45, 2.75) is 4.90 Å². The van der Waals surface area contributed by atoms with Crippen LogP contribution in [0.1, 0.15) is 0 Å². The van der Waals surface area contributed by atoms with Crippen LogP contribution in [0.5, 0.6) is 0 Å². The van der Waals surface area contributed by atoms with Crippen LogP contribution in [0.2, 0.25) is 0 Å². The molecule has 20 heavy (non-hydrogen) atoms. The molecular formula is C13H16FN3O2S.